The van der Waals surface area contributed by atoms with Crippen LogP contribution in [0.4, 0.5) is 13.2 Å². The summed E-state index contributed by atoms with van der Waals surface area (Å²) in [6.45, 7) is 0.735. The van der Waals surface area contributed by atoms with Gasteiger partial charge in [-0.1, -0.05) is 30.3 Å². The first-order valence-electron chi connectivity index (χ1n) is 6.84. The van der Waals surface area contributed by atoms with Crippen LogP contribution in [0.2, 0.25) is 0 Å². The van der Waals surface area contributed by atoms with Gasteiger partial charge in [0.2, 0.25) is 5.91 Å². The predicted octanol–water partition coefficient (Wildman–Crippen LogP) is 3.14. The largest absolute Gasteiger partial charge is 0.389 e. The summed E-state index contributed by atoms with van der Waals surface area (Å²) in [5.41, 5.74) is 0.903. The van der Waals surface area contributed by atoms with Gasteiger partial charge in [-0.15, -0.1) is 0 Å². The van der Waals surface area contributed by atoms with E-state index >= 15 is 0 Å². The van der Waals surface area contributed by atoms with E-state index in [2.05, 4.69) is 5.32 Å². The summed E-state index contributed by atoms with van der Waals surface area (Å²) in [4.78, 5) is 13.7. The maximum Gasteiger partial charge on any atom is 0.389 e. The second-order valence-electron chi connectivity index (χ2n) is 5.24. The molecule has 1 aromatic carbocycles. The van der Waals surface area contributed by atoms with Crippen molar-refractivity contribution in [3.05, 3.63) is 35.9 Å². The maximum atomic E-state index is 12.1. The molecule has 0 aliphatic carbocycles. The predicted molar refractivity (Wildman–Crippen MR) is 75.8 cm³/mol. The Bertz CT molecular complexity index is 432. The minimum Gasteiger partial charge on any atom is -0.349 e. The van der Waals surface area contributed by atoms with E-state index in [1.807, 2.05) is 49.3 Å². The van der Waals surface area contributed by atoms with Crippen LogP contribution in [-0.4, -0.2) is 37.6 Å². The van der Waals surface area contributed by atoms with Gasteiger partial charge in [0, 0.05) is 6.42 Å². The molecular formula is C15H21F3N2O. The van der Waals surface area contributed by atoms with Crippen LogP contribution < -0.4 is 5.32 Å². The van der Waals surface area contributed by atoms with E-state index in [4.69, 9.17) is 0 Å². The van der Waals surface area contributed by atoms with Crippen LogP contribution in [0.25, 0.3) is 0 Å². The van der Waals surface area contributed by atoms with Gasteiger partial charge in [-0.05, 0) is 32.6 Å². The second-order valence-corrected chi connectivity index (χ2v) is 5.24. The standard InChI is InChI=1S/C15H21F3N2O/c1-20(2)11-9-13(12-6-4-3-5-7-12)19-14(21)8-10-15(16,17)18/h3-7,13H,8-11H2,1-2H3,(H,19,21)/t13-/m1/s1. The van der Waals surface area contributed by atoms with Gasteiger partial charge in [-0.3, -0.25) is 4.79 Å². The monoisotopic (exact) mass is 302 g/mol. The van der Waals surface area contributed by atoms with Gasteiger partial charge >= 0.3 is 6.18 Å². The molecule has 0 radical (unpaired) electrons. The molecule has 0 unspecified atom stereocenters. The van der Waals surface area contributed by atoms with Gasteiger partial charge in [0.1, 0.15) is 0 Å². The molecule has 6 heteroatoms. The van der Waals surface area contributed by atoms with E-state index in [1.165, 1.54) is 0 Å². The highest BCUT2D eigenvalue weighted by Gasteiger charge is 2.28. The van der Waals surface area contributed by atoms with Crippen molar-refractivity contribution in [2.45, 2.75) is 31.5 Å². The number of rotatable bonds is 7. The van der Waals surface area contributed by atoms with Crippen molar-refractivity contribution in [1.29, 1.82) is 0 Å². The number of alkyl halides is 3. The van der Waals surface area contributed by atoms with Crippen molar-refractivity contribution in [2.75, 3.05) is 20.6 Å². The Hall–Kier alpha value is -1.56. The molecule has 0 heterocycles. The Morgan fingerprint density at radius 3 is 2.38 bits per heavy atom. The number of hydrogen-bond acceptors (Lipinski definition) is 2. The molecule has 1 atom stereocenters. The van der Waals surface area contributed by atoms with Crippen molar-refractivity contribution >= 4 is 5.91 Å². The zero-order chi connectivity index (χ0) is 15.9. The molecule has 1 rings (SSSR count). The zero-order valence-corrected chi connectivity index (χ0v) is 12.3. The minimum absolute atomic E-state index is 0.269. The fraction of sp³-hybridized carbons (Fsp3) is 0.533. The SMILES string of the molecule is CN(C)CC[C@@H](NC(=O)CCC(F)(F)F)c1ccccc1. The molecule has 0 aromatic heterocycles. The molecule has 0 saturated carbocycles. The molecular weight excluding hydrogens is 281 g/mol. The number of carbonyl (C=O) groups is 1. The first-order chi connectivity index (χ1) is 9.78. The summed E-state index contributed by atoms with van der Waals surface area (Å²) in [6.07, 6.45) is -5.28. The topological polar surface area (TPSA) is 32.3 Å². The van der Waals surface area contributed by atoms with Crippen LogP contribution in [0.1, 0.15) is 30.9 Å². The van der Waals surface area contributed by atoms with Crippen LogP contribution in [0, 0.1) is 0 Å². The fourth-order valence-electron chi connectivity index (χ4n) is 1.92. The normalized spacial score (nSPS) is 13.2. The first kappa shape index (κ1) is 17.5. The Morgan fingerprint density at radius 2 is 1.86 bits per heavy atom. The van der Waals surface area contributed by atoms with Crippen LogP contribution in [-0.2, 0) is 4.79 Å². The number of benzene rings is 1. The van der Waals surface area contributed by atoms with E-state index < -0.39 is 24.9 Å². The molecule has 0 bridgehead atoms. The van der Waals surface area contributed by atoms with Crippen molar-refractivity contribution in [1.82, 2.24) is 10.2 Å². The molecule has 0 fully saturated rings. The van der Waals surface area contributed by atoms with E-state index in [-0.39, 0.29) is 6.04 Å². The molecule has 0 spiro atoms. The highest BCUT2D eigenvalue weighted by atomic mass is 19.4. The van der Waals surface area contributed by atoms with Gasteiger partial charge < -0.3 is 10.2 Å². The molecule has 0 aliphatic rings. The second kappa shape index (κ2) is 8.02. The Labute approximate surface area is 123 Å². The number of nitrogens with one attached hydrogen (secondary N) is 1. The van der Waals surface area contributed by atoms with Gasteiger partial charge in [0.25, 0.3) is 0 Å². The third kappa shape index (κ3) is 7.70. The third-order valence-electron chi connectivity index (χ3n) is 3.04. The van der Waals surface area contributed by atoms with Crippen molar-refractivity contribution in [2.24, 2.45) is 0 Å². The molecule has 3 nitrogen and oxygen atoms in total. The number of amides is 1. The summed E-state index contributed by atoms with van der Waals surface area (Å²) in [6, 6.07) is 9.02. The van der Waals surface area contributed by atoms with Crippen molar-refractivity contribution in [3.63, 3.8) is 0 Å². The number of nitrogens with zero attached hydrogens (tertiary/aromatic N) is 1. The molecule has 1 amide bonds. The summed E-state index contributed by atoms with van der Waals surface area (Å²) in [5, 5.41) is 2.70. The fourth-order valence-corrected chi connectivity index (χ4v) is 1.92. The first-order valence-corrected chi connectivity index (χ1v) is 6.84. The number of halogens is 3. The van der Waals surface area contributed by atoms with E-state index in [0.717, 1.165) is 12.1 Å². The summed E-state index contributed by atoms with van der Waals surface area (Å²) in [5.74, 6) is -0.570. The summed E-state index contributed by atoms with van der Waals surface area (Å²) >= 11 is 0. The smallest absolute Gasteiger partial charge is 0.349 e. The number of carbonyl (C=O) groups excluding carboxylic acids is 1. The molecule has 0 saturated heterocycles. The number of hydrogen-bond donors (Lipinski definition) is 1. The minimum atomic E-state index is -4.30. The zero-order valence-electron chi connectivity index (χ0n) is 12.3. The van der Waals surface area contributed by atoms with Gasteiger partial charge in [-0.2, -0.15) is 13.2 Å². The van der Waals surface area contributed by atoms with Crippen LogP contribution >= 0.6 is 0 Å². The van der Waals surface area contributed by atoms with Gasteiger partial charge in [0.05, 0.1) is 12.5 Å². The van der Waals surface area contributed by atoms with Gasteiger partial charge in [0.15, 0.2) is 0 Å². The maximum absolute atomic E-state index is 12.1. The van der Waals surface area contributed by atoms with E-state index in [0.29, 0.717) is 6.42 Å². The van der Waals surface area contributed by atoms with E-state index in [1.54, 1.807) is 0 Å². The third-order valence-corrected chi connectivity index (χ3v) is 3.04. The molecule has 118 valence electrons. The Kier molecular flexibility index (Phi) is 6.68. The lowest BCUT2D eigenvalue weighted by molar-refractivity contribution is -0.144. The van der Waals surface area contributed by atoms with Crippen molar-refractivity contribution < 1.29 is 18.0 Å². The van der Waals surface area contributed by atoms with Crippen molar-refractivity contribution in [3.8, 4) is 0 Å². The van der Waals surface area contributed by atoms with Gasteiger partial charge in [-0.25, -0.2) is 0 Å². The molecule has 21 heavy (non-hydrogen) atoms. The quantitative estimate of drug-likeness (QED) is 0.839. The average molecular weight is 302 g/mol. The lowest BCUT2D eigenvalue weighted by Crippen LogP contribution is -2.31. The van der Waals surface area contributed by atoms with Crippen LogP contribution in [0.15, 0.2) is 30.3 Å². The van der Waals surface area contributed by atoms with Crippen LogP contribution in [0.3, 0.4) is 0 Å². The lowest BCUT2D eigenvalue weighted by Gasteiger charge is -2.21. The molecule has 1 N–H and O–H groups in total. The molecule has 0 aliphatic heterocycles. The van der Waals surface area contributed by atoms with E-state index in [9.17, 15) is 18.0 Å². The molecule has 1 aromatic rings. The lowest BCUT2D eigenvalue weighted by atomic mass is 10.0. The Balaban J connectivity index is 2.62. The highest BCUT2D eigenvalue weighted by molar-refractivity contribution is 5.76. The van der Waals surface area contributed by atoms with Crippen LogP contribution in [0.5, 0.6) is 0 Å². The summed E-state index contributed by atoms with van der Waals surface area (Å²) in [7, 11) is 3.82. The summed E-state index contributed by atoms with van der Waals surface area (Å²) < 4.78 is 36.4. The Morgan fingerprint density at radius 1 is 1.24 bits per heavy atom. The highest BCUT2D eigenvalue weighted by Crippen LogP contribution is 2.22. The average Bonchev–Trinajstić information content (AvgIpc) is 2.41.